The molecule has 0 amide bonds. The molecule has 1 N–H and O–H groups in total. The monoisotopic (exact) mass is 299 g/mol. The van der Waals surface area contributed by atoms with Crippen LogP contribution in [0.15, 0.2) is 0 Å². The van der Waals surface area contributed by atoms with E-state index in [2.05, 4.69) is 5.32 Å². The zero-order valence-corrected chi connectivity index (χ0v) is 13.3. The lowest BCUT2D eigenvalue weighted by atomic mass is 9.64. The van der Waals surface area contributed by atoms with Gasteiger partial charge in [-0.3, -0.25) is 14.4 Å². The van der Waals surface area contributed by atoms with Crippen molar-refractivity contribution < 1.29 is 23.9 Å². The molecule has 1 heterocycles. The van der Waals surface area contributed by atoms with E-state index in [0.29, 0.717) is 12.8 Å². The molecule has 0 aliphatic carbocycles. The van der Waals surface area contributed by atoms with Crippen LogP contribution in [0, 0.1) is 10.8 Å². The van der Waals surface area contributed by atoms with E-state index in [9.17, 15) is 14.4 Å². The van der Waals surface area contributed by atoms with E-state index < -0.39 is 22.8 Å². The molecule has 0 aromatic heterocycles. The third-order valence-electron chi connectivity index (χ3n) is 4.26. The number of carbonyl (C=O) groups excluding carboxylic acids is 3. The molecule has 0 bridgehead atoms. The van der Waals surface area contributed by atoms with Gasteiger partial charge < -0.3 is 14.8 Å². The van der Waals surface area contributed by atoms with Crippen molar-refractivity contribution in [3.63, 3.8) is 0 Å². The number of hydrogen-bond acceptors (Lipinski definition) is 6. The van der Waals surface area contributed by atoms with Gasteiger partial charge in [-0.1, -0.05) is 13.8 Å². The van der Waals surface area contributed by atoms with Crippen molar-refractivity contribution in [3.05, 3.63) is 0 Å². The van der Waals surface area contributed by atoms with E-state index in [1.165, 1.54) is 0 Å². The smallest absolute Gasteiger partial charge is 0.320 e. The van der Waals surface area contributed by atoms with Crippen molar-refractivity contribution in [1.82, 2.24) is 5.32 Å². The van der Waals surface area contributed by atoms with Crippen LogP contribution in [0.2, 0.25) is 0 Å². The van der Waals surface area contributed by atoms with Crippen LogP contribution in [0.1, 0.15) is 40.5 Å². The highest BCUT2D eigenvalue weighted by atomic mass is 16.5. The highest BCUT2D eigenvalue weighted by molar-refractivity contribution is 6.15. The highest BCUT2D eigenvalue weighted by Crippen LogP contribution is 2.40. The molecule has 0 spiro atoms. The molecule has 6 nitrogen and oxygen atoms in total. The number of carbonyl (C=O) groups is 3. The quantitative estimate of drug-likeness (QED) is 0.584. The van der Waals surface area contributed by atoms with Crippen molar-refractivity contribution in [3.8, 4) is 0 Å². The second-order valence-electron chi connectivity index (χ2n) is 5.24. The lowest BCUT2D eigenvalue weighted by Gasteiger charge is -2.42. The minimum Gasteiger partial charge on any atom is -0.465 e. The van der Waals surface area contributed by atoms with Crippen LogP contribution in [0.25, 0.3) is 0 Å². The molecule has 0 saturated carbocycles. The summed E-state index contributed by atoms with van der Waals surface area (Å²) in [6, 6.07) is 0. The first-order valence-corrected chi connectivity index (χ1v) is 7.55. The molecule has 0 radical (unpaired) electrons. The molecule has 21 heavy (non-hydrogen) atoms. The molecular formula is C15H25NO5. The number of ketones is 1. The van der Waals surface area contributed by atoms with Gasteiger partial charge in [-0.15, -0.1) is 0 Å². The van der Waals surface area contributed by atoms with Gasteiger partial charge in [0.25, 0.3) is 0 Å². The van der Waals surface area contributed by atoms with Gasteiger partial charge in [-0.25, -0.2) is 0 Å². The van der Waals surface area contributed by atoms with E-state index in [4.69, 9.17) is 9.47 Å². The molecule has 1 fully saturated rings. The number of piperidine rings is 1. The average Bonchev–Trinajstić information content (AvgIpc) is 2.48. The Morgan fingerprint density at radius 1 is 0.952 bits per heavy atom. The zero-order valence-electron chi connectivity index (χ0n) is 13.3. The fourth-order valence-corrected chi connectivity index (χ4v) is 2.84. The maximum Gasteiger partial charge on any atom is 0.320 e. The molecule has 6 heteroatoms. The highest BCUT2D eigenvalue weighted by Gasteiger charge is 2.60. The molecule has 0 aromatic carbocycles. The van der Waals surface area contributed by atoms with Crippen LogP contribution in [-0.4, -0.2) is 44.0 Å². The van der Waals surface area contributed by atoms with Crippen molar-refractivity contribution in [1.29, 1.82) is 0 Å². The van der Waals surface area contributed by atoms with Crippen molar-refractivity contribution in [2.75, 3.05) is 26.3 Å². The Morgan fingerprint density at radius 2 is 1.33 bits per heavy atom. The van der Waals surface area contributed by atoms with Crippen LogP contribution in [0.5, 0.6) is 0 Å². The van der Waals surface area contributed by atoms with Crippen molar-refractivity contribution >= 4 is 17.7 Å². The van der Waals surface area contributed by atoms with Crippen molar-refractivity contribution in [2.45, 2.75) is 40.5 Å². The first kappa shape index (κ1) is 17.6. The topological polar surface area (TPSA) is 81.7 Å². The van der Waals surface area contributed by atoms with Gasteiger partial charge in [0.05, 0.1) is 13.2 Å². The number of ether oxygens (including phenoxy) is 2. The first-order chi connectivity index (χ1) is 9.95. The summed E-state index contributed by atoms with van der Waals surface area (Å²) in [5, 5.41) is 3.05. The summed E-state index contributed by atoms with van der Waals surface area (Å²) >= 11 is 0. The van der Waals surface area contributed by atoms with Crippen LogP contribution in [0.3, 0.4) is 0 Å². The first-order valence-electron chi connectivity index (χ1n) is 7.55. The molecule has 1 rings (SSSR count). The molecule has 1 aliphatic heterocycles. The number of esters is 2. The molecular weight excluding hydrogens is 274 g/mol. The Hall–Kier alpha value is -1.43. The Bertz CT molecular complexity index is 386. The normalized spacial score (nSPS) is 29.0. The Kier molecular flexibility index (Phi) is 5.89. The lowest BCUT2D eigenvalue weighted by Crippen LogP contribution is -2.64. The SMILES string of the molecule is CCOC(=O)[C@]1(CC)CNC[C@](CC)(C(=O)OCC)C1=O. The maximum absolute atomic E-state index is 13.0. The van der Waals surface area contributed by atoms with E-state index in [-0.39, 0.29) is 32.1 Å². The van der Waals surface area contributed by atoms with Crippen LogP contribution < -0.4 is 5.32 Å². The van der Waals surface area contributed by atoms with Gasteiger partial charge in [-0.2, -0.15) is 0 Å². The molecule has 1 saturated heterocycles. The molecule has 120 valence electrons. The van der Waals surface area contributed by atoms with Gasteiger partial charge >= 0.3 is 11.9 Å². The fraction of sp³-hybridized carbons (Fsp3) is 0.800. The summed E-state index contributed by atoms with van der Waals surface area (Å²) in [7, 11) is 0. The molecule has 0 aromatic rings. The summed E-state index contributed by atoms with van der Waals surface area (Å²) in [6.45, 7) is 7.70. The predicted molar refractivity (Wildman–Crippen MR) is 76.6 cm³/mol. The Balaban J connectivity index is 3.23. The third kappa shape index (κ3) is 2.81. The lowest BCUT2D eigenvalue weighted by molar-refractivity contribution is -0.174. The molecule has 1 aliphatic rings. The van der Waals surface area contributed by atoms with Gasteiger partial charge in [0, 0.05) is 13.1 Å². The number of rotatable bonds is 6. The maximum atomic E-state index is 13.0. The van der Waals surface area contributed by atoms with E-state index >= 15 is 0 Å². The van der Waals surface area contributed by atoms with Gasteiger partial charge in [0.2, 0.25) is 0 Å². The summed E-state index contributed by atoms with van der Waals surface area (Å²) in [4.78, 5) is 37.6. The average molecular weight is 299 g/mol. The number of nitrogens with one attached hydrogen (secondary N) is 1. The summed E-state index contributed by atoms with van der Waals surface area (Å²) in [6.07, 6.45) is 0.581. The van der Waals surface area contributed by atoms with Gasteiger partial charge in [0.1, 0.15) is 10.8 Å². The molecule has 0 unspecified atom stereocenters. The van der Waals surface area contributed by atoms with Crippen molar-refractivity contribution in [2.24, 2.45) is 10.8 Å². The van der Waals surface area contributed by atoms with E-state index in [1.54, 1.807) is 27.7 Å². The number of hydrogen-bond donors (Lipinski definition) is 1. The van der Waals surface area contributed by atoms with Crippen LogP contribution in [0.4, 0.5) is 0 Å². The summed E-state index contributed by atoms with van der Waals surface area (Å²) in [5.74, 6) is -1.51. The second kappa shape index (κ2) is 7.02. The zero-order chi connectivity index (χ0) is 16.1. The third-order valence-corrected chi connectivity index (χ3v) is 4.26. The Morgan fingerprint density at radius 3 is 1.62 bits per heavy atom. The number of Topliss-reactive ketones (excluding diaryl/α,β-unsaturated/α-hetero) is 1. The second-order valence-corrected chi connectivity index (χ2v) is 5.24. The van der Waals surface area contributed by atoms with Crippen LogP contribution >= 0.6 is 0 Å². The van der Waals surface area contributed by atoms with Gasteiger partial charge in [0.15, 0.2) is 5.78 Å². The fourth-order valence-electron chi connectivity index (χ4n) is 2.84. The minimum absolute atomic E-state index is 0.197. The minimum atomic E-state index is -1.31. The van der Waals surface area contributed by atoms with E-state index in [0.717, 1.165) is 0 Å². The predicted octanol–water partition coefficient (Wildman–Crippen LogP) is 1.08. The summed E-state index contributed by atoms with van der Waals surface area (Å²) in [5.41, 5.74) is -2.62. The van der Waals surface area contributed by atoms with Gasteiger partial charge in [-0.05, 0) is 26.7 Å². The van der Waals surface area contributed by atoms with E-state index in [1.807, 2.05) is 0 Å². The molecule has 2 atom stereocenters. The summed E-state index contributed by atoms with van der Waals surface area (Å²) < 4.78 is 10.1. The standard InChI is InChI=1S/C15H25NO5/c1-5-14(12(18)20-7-3)9-16-10-15(6-2,11(14)17)13(19)21-8-4/h16H,5-10H2,1-4H3/t14-,15+. The van der Waals surface area contributed by atoms with Crippen LogP contribution in [-0.2, 0) is 23.9 Å². The largest absolute Gasteiger partial charge is 0.465 e. The Labute approximate surface area is 125 Å².